The van der Waals surface area contributed by atoms with E-state index in [1.807, 2.05) is 6.07 Å². The van der Waals surface area contributed by atoms with Gasteiger partial charge in [0, 0.05) is 29.5 Å². The maximum absolute atomic E-state index is 13.0. The Kier molecular flexibility index (Phi) is 4.82. The first-order valence-electron chi connectivity index (χ1n) is 9.82. The topological polar surface area (TPSA) is 123 Å². The van der Waals surface area contributed by atoms with E-state index >= 15 is 0 Å². The number of piperidine rings is 1. The van der Waals surface area contributed by atoms with E-state index in [4.69, 9.17) is 4.74 Å². The number of nitrogens with one attached hydrogen (secondary N) is 1. The van der Waals surface area contributed by atoms with Crippen LogP contribution in [0.1, 0.15) is 39.1 Å². The number of rotatable bonds is 4. The summed E-state index contributed by atoms with van der Waals surface area (Å²) in [6.07, 6.45) is 2.22. The third-order valence-corrected chi connectivity index (χ3v) is 6.52. The molecule has 1 atom stereocenters. The van der Waals surface area contributed by atoms with E-state index in [9.17, 15) is 19.2 Å². The molecule has 4 heterocycles. The fourth-order valence-corrected chi connectivity index (χ4v) is 4.80. The molecule has 0 radical (unpaired) electrons. The number of aromatic nitrogens is 3. The first-order chi connectivity index (χ1) is 15.5. The molecule has 11 heteroatoms. The first-order valence-corrected chi connectivity index (χ1v) is 10.7. The lowest BCUT2D eigenvalue weighted by Gasteiger charge is -2.29. The number of carbonyl (C=O) groups excluding carboxylic acids is 4. The first kappa shape index (κ1) is 20.1. The second-order valence-corrected chi connectivity index (χ2v) is 8.35. The lowest BCUT2D eigenvalue weighted by Crippen LogP contribution is -2.52. The van der Waals surface area contributed by atoms with Crippen molar-refractivity contribution in [2.45, 2.75) is 25.4 Å². The van der Waals surface area contributed by atoms with Crippen molar-refractivity contribution in [2.24, 2.45) is 0 Å². The number of benzene rings is 1. The Hall–Kier alpha value is -3.86. The van der Waals surface area contributed by atoms with Gasteiger partial charge < -0.3 is 9.64 Å². The highest BCUT2D eigenvalue weighted by Crippen LogP contribution is 2.32. The van der Waals surface area contributed by atoms with E-state index in [-0.39, 0.29) is 24.8 Å². The fraction of sp³-hybridized carbons (Fsp3) is 0.238. The molecule has 2 aliphatic heterocycles. The minimum absolute atomic E-state index is 0.199. The molecule has 0 aliphatic carbocycles. The highest BCUT2D eigenvalue weighted by Gasteiger charge is 2.40. The molecule has 0 saturated carbocycles. The third-order valence-electron chi connectivity index (χ3n) is 5.57. The molecule has 2 aromatic heterocycles. The maximum Gasteiger partial charge on any atom is 0.338 e. The van der Waals surface area contributed by atoms with E-state index in [1.54, 1.807) is 34.5 Å². The quantitative estimate of drug-likeness (QED) is 0.471. The van der Waals surface area contributed by atoms with Gasteiger partial charge in [0.2, 0.25) is 11.8 Å². The predicted molar refractivity (Wildman–Crippen MR) is 112 cm³/mol. The van der Waals surface area contributed by atoms with Gasteiger partial charge >= 0.3 is 5.97 Å². The molecule has 2 aliphatic rings. The molecule has 162 valence electrons. The molecule has 10 nitrogen and oxygen atoms in total. The Morgan fingerprint density at radius 3 is 2.91 bits per heavy atom. The molecular weight excluding hydrogens is 434 g/mol. The molecule has 1 unspecified atom stereocenters. The Bertz CT molecular complexity index is 1280. The van der Waals surface area contributed by atoms with E-state index in [2.05, 4.69) is 15.6 Å². The van der Waals surface area contributed by atoms with Crippen molar-refractivity contribution < 1.29 is 23.9 Å². The number of amides is 3. The van der Waals surface area contributed by atoms with Crippen LogP contribution in [-0.4, -0.2) is 56.7 Å². The van der Waals surface area contributed by atoms with Gasteiger partial charge in [0.15, 0.2) is 0 Å². The standard InChI is InChI=1S/C21H17N5O5S/c1-31-21(30)11-7-17(32-10-11)14-9-26(24-23-14)15-4-2-3-12-13(15)8-25(20(12)29)16-5-6-18(27)22-19(16)28/h2-4,7,9-10,16H,5-6,8H2,1H3,(H,22,27,28). The summed E-state index contributed by atoms with van der Waals surface area (Å²) in [4.78, 5) is 50.7. The van der Waals surface area contributed by atoms with Gasteiger partial charge in [-0.2, -0.15) is 0 Å². The normalized spacial score (nSPS) is 18.0. The van der Waals surface area contributed by atoms with Crippen molar-refractivity contribution in [3.63, 3.8) is 0 Å². The lowest BCUT2D eigenvalue weighted by molar-refractivity contribution is -0.136. The van der Waals surface area contributed by atoms with Crippen LogP contribution in [0.4, 0.5) is 0 Å². The molecule has 0 spiro atoms. The Balaban J connectivity index is 1.44. The number of hydrogen-bond acceptors (Lipinski definition) is 8. The molecule has 0 bridgehead atoms. The Morgan fingerprint density at radius 2 is 2.12 bits per heavy atom. The number of thiophene rings is 1. The second kappa shape index (κ2) is 7.68. The van der Waals surface area contributed by atoms with E-state index in [0.29, 0.717) is 28.9 Å². The zero-order valence-electron chi connectivity index (χ0n) is 16.9. The smallest absolute Gasteiger partial charge is 0.338 e. The zero-order chi connectivity index (χ0) is 22.4. The maximum atomic E-state index is 13.0. The summed E-state index contributed by atoms with van der Waals surface area (Å²) in [5.74, 6) is -1.45. The average Bonchev–Trinajstić information content (AvgIpc) is 3.52. The van der Waals surface area contributed by atoms with Gasteiger partial charge in [0.05, 0.1) is 29.4 Å². The fourth-order valence-electron chi connectivity index (χ4n) is 3.97. The van der Waals surface area contributed by atoms with Gasteiger partial charge in [0.25, 0.3) is 5.91 Å². The van der Waals surface area contributed by atoms with Crippen molar-refractivity contribution in [3.05, 3.63) is 52.5 Å². The number of carbonyl (C=O) groups is 4. The molecular formula is C21H17N5O5S. The van der Waals surface area contributed by atoms with Crippen molar-refractivity contribution >= 4 is 35.0 Å². The number of ether oxygens (including phenoxy) is 1. The van der Waals surface area contributed by atoms with Crippen molar-refractivity contribution in [1.82, 2.24) is 25.2 Å². The van der Waals surface area contributed by atoms with Crippen molar-refractivity contribution in [1.29, 1.82) is 0 Å². The van der Waals surface area contributed by atoms with Crippen LogP contribution < -0.4 is 5.32 Å². The molecule has 1 fully saturated rings. The van der Waals surface area contributed by atoms with Gasteiger partial charge in [-0.25, -0.2) is 9.48 Å². The van der Waals surface area contributed by atoms with Crippen LogP contribution in [0.3, 0.4) is 0 Å². The highest BCUT2D eigenvalue weighted by atomic mass is 32.1. The second-order valence-electron chi connectivity index (χ2n) is 7.44. The molecule has 32 heavy (non-hydrogen) atoms. The van der Waals surface area contributed by atoms with Crippen molar-refractivity contribution in [3.8, 4) is 16.3 Å². The van der Waals surface area contributed by atoms with Gasteiger partial charge in [0.1, 0.15) is 11.7 Å². The van der Waals surface area contributed by atoms with Crippen LogP contribution in [0, 0.1) is 0 Å². The SMILES string of the molecule is COC(=O)c1csc(-c2cn(-c3cccc4c3CN(C3CCC(=O)NC3=O)C4=O)nn2)c1. The minimum Gasteiger partial charge on any atom is -0.465 e. The van der Waals surface area contributed by atoms with Gasteiger partial charge in [-0.15, -0.1) is 16.4 Å². The average molecular weight is 451 g/mol. The van der Waals surface area contributed by atoms with Crippen LogP contribution in [0.15, 0.2) is 35.8 Å². The van der Waals surface area contributed by atoms with E-state index < -0.39 is 17.9 Å². The summed E-state index contributed by atoms with van der Waals surface area (Å²) in [5, 5.41) is 12.4. The van der Waals surface area contributed by atoms with Crippen LogP contribution >= 0.6 is 11.3 Å². The highest BCUT2D eigenvalue weighted by molar-refractivity contribution is 7.13. The summed E-state index contributed by atoms with van der Waals surface area (Å²) < 4.78 is 6.31. The zero-order valence-corrected chi connectivity index (χ0v) is 17.7. The Labute approximate surface area is 185 Å². The third kappa shape index (κ3) is 3.26. The summed E-state index contributed by atoms with van der Waals surface area (Å²) >= 11 is 1.35. The summed E-state index contributed by atoms with van der Waals surface area (Å²) in [5.41, 5.74) is 2.92. The predicted octanol–water partition coefficient (Wildman–Crippen LogP) is 1.54. The van der Waals surface area contributed by atoms with Crippen LogP contribution in [-0.2, 0) is 20.9 Å². The molecule has 5 rings (SSSR count). The van der Waals surface area contributed by atoms with Crippen LogP contribution in [0.2, 0.25) is 0 Å². The van der Waals surface area contributed by atoms with Crippen LogP contribution in [0.5, 0.6) is 0 Å². The largest absolute Gasteiger partial charge is 0.465 e. The number of fused-ring (bicyclic) bond motifs is 1. The number of methoxy groups -OCH3 is 1. The molecule has 3 amide bonds. The monoisotopic (exact) mass is 451 g/mol. The van der Waals surface area contributed by atoms with Crippen LogP contribution in [0.25, 0.3) is 16.3 Å². The van der Waals surface area contributed by atoms with Gasteiger partial charge in [-0.05, 0) is 24.6 Å². The van der Waals surface area contributed by atoms with E-state index in [1.165, 1.54) is 23.3 Å². The minimum atomic E-state index is -0.686. The summed E-state index contributed by atoms with van der Waals surface area (Å²) in [7, 11) is 1.32. The van der Waals surface area contributed by atoms with E-state index in [0.717, 1.165) is 10.4 Å². The Morgan fingerprint density at radius 1 is 1.28 bits per heavy atom. The summed E-state index contributed by atoms with van der Waals surface area (Å²) in [6, 6.07) is 6.30. The van der Waals surface area contributed by atoms with Crippen molar-refractivity contribution in [2.75, 3.05) is 7.11 Å². The number of nitrogens with zero attached hydrogens (tertiary/aromatic N) is 4. The molecule has 3 aromatic rings. The molecule has 1 saturated heterocycles. The number of imide groups is 1. The molecule has 1 aromatic carbocycles. The summed E-state index contributed by atoms with van der Waals surface area (Å²) in [6.45, 7) is 0.233. The van der Waals surface area contributed by atoms with Gasteiger partial charge in [-0.1, -0.05) is 11.3 Å². The molecule has 1 N–H and O–H groups in total. The lowest BCUT2D eigenvalue weighted by atomic mass is 10.0. The number of esters is 1. The number of hydrogen-bond donors (Lipinski definition) is 1. The van der Waals surface area contributed by atoms with Gasteiger partial charge in [-0.3, -0.25) is 19.7 Å².